The Morgan fingerprint density at radius 1 is 1.53 bits per heavy atom. The zero-order valence-corrected chi connectivity index (χ0v) is 12.5. The molecule has 0 aliphatic rings. The Morgan fingerprint density at radius 2 is 2.11 bits per heavy atom. The lowest BCUT2D eigenvalue weighted by molar-refractivity contribution is -0.138. The monoisotopic (exact) mass is 307 g/mol. The number of nitrogens with two attached hydrogens (primary N) is 1. The maximum atomic E-state index is 11.3. The van der Waals surface area contributed by atoms with Crippen LogP contribution in [0, 0.1) is 12.8 Å². The molecule has 108 valence electrons. The Labute approximate surface area is 115 Å². The molecule has 0 bridgehead atoms. The molecule has 1 atom stereocenters. The quantitative estimate of drug-likeness (QED) is 0.721. The molecule has 0 aromatic carbocycles. The van der Waals surface area contributed by atoms with Crippen LogP contribution in [0.5, 0.6) is 0 Å². The van der Waals surface area contributed by atoms with E-state index in [0.29, 0.717) is 6.42 Å². The van der Waals surface area contributed by atoms with Gasteiger partial charge in [0.2, 0.25) is 10.0 Å². The molecule has 7 nitrogen and oxygen atoms in total. The molecule has 0 spiro atoms. The Morgan fingerprint density at radius 3 is 2.47 bits per heavy atom. The molecule has 0 saturated heterocycles. The number of aryl methyl sites for hydroxylation is 1. The number of aliphatic carboxylic acids is 1. The fourth-order valence-corrected chi connectivity index (χ4v) is 3.46. The molecule has 0 saturated carbocycles. The average molecular weight is 307 g/mol. The van der Waals surface area contributed by atoms with Crippen LogP contribution in [0.3, 0.4) is 0 Å². The predicted octanol–water partition coefficient (Wildman–Crippen LogP) is 1.01. The van der Waals surface area contributed by atoms with Crippen molar-refractivity contribution in [3.8, 4) is 0 Å². The minimum absolute atomic E-state index is 0.0521. The van der Waals surface area contributed by atoms with Crippen LogP contribution < -0.4 is 10.5 Å². The van der Waals surface area contributed by atoms with Crippen molar-refractivity contribution in [1.82, 2.24) is 4.98 Å². The first-order valence-electron chi connectivity index (χ1n) is 5.60. The van der Waals surface area contributed by atoms with Crippen LogP contribution in [-0.2, 0) is 14.8 Å². The summed E-state index contributed by atoms with van der Waals surface area (Å²) in [6.07, 6.45) is 0.415. The topological polar surface area (TPSA) is 122 Å². The molecule has 1 rings (SSSR count). The molecule has 4 N–H and O–H groups in total. The molecule has 0 unspecified atom stereocenters. The number of nitrogens with zero attached hydrogens (tertiary/aromatic N) is 1. The third-order valence-electron chi connectivity index (χ3n) is 2.32. The predicted molar refractivity (Wildman–Crippen MR) is 72.7 cm³/mol. The zero-order chi connectivity index (χ0) is 14.8. The molecule has 1 aromatic heterocycles. The number of sulfonamides is 1. The maximum absolute atomic E-state index is 11.3. The first-order chi connectivity index (χ1) is 8.61. The van der Waals surface area contributed by atoms with Crippen molar-refractivity contribution in [3.63, 3.8) is 0 Å². The van der Waals surface area contributed by atoms with Crippen molar-refractivity contribution in [2.45, 2.75) is 37.4 Å². The number of thiazole rings is 1. The second kappa shape index (κ2) is 5.85. The number of carbonyl (C=O) groups is 1. The number of carboxylic acid groups (broad SMARTS) is 1. The number of hydrogen-bond donors (Lipinski definition) is 3. The summed E-state index contributed by atoms with van der Waals surface area (Å²) in [5.74, 6) is -0.814. The lowest BCUT2D eigenvalue weighted by atomic mass is 10.0. The van der Waals surface area contributed by atoms with Gasteiger partial charge in [0, 0.05) is 0 Å². The number of carboxylic acids is 1. The molecular weight excluding hydrogens is 290 g/mol. The van der Waals surface area contributed by atoms with Gasteiger partial charge < -0.3 is 10.4 Å². The first-order valence-corrected chi connectivity index (χ1v) is 7.97. The molecule has 0 aliphatic heterocycles. The van der Waals surface area contributed by atoms with Crippen LogP contribution in [0.15, 0.2) is 4.21 Å². The zero-order valence-electron chi connectivity index (χ0n) is 10.9. The molecular formula is C10H17N3O4S2. The van der Waals surface area contributed by atoms with Crippen LogP contribution >= 0.6 is 11.3 Å². The third-order valence-corrected chi connectivity index (χ3v) is 4.96. The standard InChI is InChI=1S/C10H17N3O4S2/c1-5(2)4-7(8(14)15)13-10-12-6(3)9(18-10)19(11,16)17/h5,7H,4H2,1-3H3,(H,12,13)(H,14,15)(H2,11,16,17)/t7-/m0/s1. The molecule has 1 heterocycles. The largest absolute Gasteiger partial charge is 0.480 e. The summed E-state index contributed by atoms with van der Waals surface area (Å²) in [6.45, 7) is 5.32. The van der Waals surface area contributed by atoms with Crippen molar-refractivity contribution in [2.75, 3.05) is 5.32 Å². The van der Waals surface area contributed by atoms with E-state index in [9.17, 15) is 13.2 Å². The van der Waals surface area contributed by atoms with Gasteiger partial charge in [0.15, 0.2) is 9.34 Å². The van der Waals surface area contributed by atoms with Gasteiger partial charge in [-0.25, -0.2) is 23.3 Å². The summed E-state index contributed by atoms with van der Waals surface area (Å²) in [5, 5.41) is 17.1. The summed E-state index contributed by atoms with van der Waals surface area (Å²) in [5.41, 5.74) is 0.267. The van der Waals surface area contributed by atoms with E-state index in [1.165, 1.54) is 6.92 Å². The van der Waals surface area contributed by atoms with E-state index >= 15 is 0 Å². The summed E-state index contributed by atoms with van der Waals surface area (Å²) >= 11 is 0.841. The van der Waals surface area contributed by atoms with E-state index in [2.05, 4.69) is 10.3 Å². The number of rotatable bonds is 6. The van der Waals surface area contributed by atoms with Crippen molar-refractivity contribution >= 4 is 32.5 Å². The molecule has 0 fully saturated rings. The average Bonchev–Trinajstić information content (AvgIpc) is 2.57. The summed E-state index contributed by atoms with van der Waals surface area (Å²) < 4.78 is 22.5. The molecule has 19 heavy (non-hydrogen) atoms. The van der Waals surface area contributed by atoms with E-state index in [0.717, 1.165) is 11.3 Å². The normalized spacial score (nSPS) is 13.5. The van der Waals surface area contributed by atoms with Gasteiger partial charge in [-0.05, 0) is 19.3 Å². The first kappa shape index (κ1) is 15.9. The molecule has 9 heteroatoms. The highest BCUT2D eigenvalue weighted by molar-refractivity contribution is 7.91. The van der Waals surface area contributed by atoms with Gasteiger partial charge in [0.25, 0.3) is 0 Å². The summed E-state index contributed by atoms with van der Waals surface area (Å²) in [7, 11) is -3.82. The number of primary sulfonamides is 1. The van der Waals surface area contributed by atoms with Crippen molar-refractivity contribution in [2.24, 2.45) is 11.1 Å². The van der Waals surface area contributed by atoms with E-state index in [1.807, 2.05) is 13.8 Å². The van der Waals surface area contributed by atoms with Crippen LogP contribution in [0.4, 0.5) is 5.13 Å². The van der Waals surface area contributed by atoms with Crippen LogP contribution in [0.1, 0.15) is 26.0 Å². The highest BCUT2D eigenvalue weighted by Crippen LogP contribution is 2.27. The second-order valence-corrected chi connectivity index (χ2v) is 7.36. The number of nitrogens with one attached hydrogen (secondary N) is 1. The number of aromatic nitrogens is 1. The van der Waals surface area contributed by atoms with Crippen LogP contribution in [0.2, 0.25) is 0 Å². The van der Waals surface area contributed by atoms with Crippen molar-refractivity contribution < 1.29 is 18.3 Å². The number of anilines is 1. The number of hydrogen-bond acceptors (Lipinski definition) is 6. The Bertz CT molecular complexity index is 565. The van der Waals surface area contributed by atoms with Gasteiger partial charge in [-0.2, -0.15) is 0 Å². The van der Waals surface area contributed by atoms with E-state index in [4.69, 9.17) is 10.2 Å². The Kier molecular flexibility index (Phi) is 4.88. The Hall–Kier alpha value is -1.19. The van der Waals surface area contributed by atoms with Gasteiger partial charge in [-0.3, -0.25) is 0 Å². The molecule has 0 radical (unpaired) electrons. The smallest absolute Gasteiger partial charge is 0.326 e. The van der Waals surface area contributed by atoms with Crippen LogP contribution in [0.25, 0.3) is 0 Å². The van der Waals surface area contributed by atoms with Gasteiger partial charge in [0.05, 0.1) is 5.69 Å². The highest BCUT2D eigenvalue weighted by atomic mass is 32.2. The second-order valence-electron chi connectivity index (χ2n) is 4.60. The highest BCUT2D eigenvalue weighted by Gasteiger charge is 2.23. The lowest BCUT2D eigenvalue weighted by Crippen LogP contribution is -2.30. The van der Waals surface area contributed by atoms with E-state index in [-0.39, 0.29) is 21.0 Å². The minimum atomic E-state index is -3.82. The van der Waals surface area contributed by atoms with Gasteiger partial charge >= 0.3 is 5.97 Å². The summed E-state index contributed by atoms with van der Waals surface area (Å²) in [4.78, 5) is 15.1. The van der Waals surface area contributed by atoms with Gasteiger partial charge in [0.1, 0.15) is 6.04 Å². The van der Waals surface area contributed by atoms with Crippen molar-refractivity contribution in [1.29, 1.82) is 0 Å². The van der Waals surface area contributed by atoms with Gasteiger partial charge in [-0.15, -0.1) is 0 Å². The summed E-state index contributed by atoms with van der Waals surface area (Å²) in [6, 6.07) is -0.807. The van der Waals surface area contributed by atoms with Crippen molar-refractivity contribution in [3.05, 3.63) is 5.69 Å². The Balaban J connectivity index is 2.96. The fourth-order valence-electron chi connectivity index (χ4n) is 1.55. The molecule has 0 amide bonds. The fraction of sp³-hybridized carbons (Fsp3) is 0.600. The SMILES string of the molecule is Cc1nc(N[C@@H](CC(C)C)C(=O)O)sc1S(N)(=O)=O. The lowest BCUT2D eigenvalue weighted by Gasteiger charge is -2.15. The van der Waals surface area contributed by atoms with E-state index < -0.39 is 22.0 Å². The maximum Gasteiger partial charge on any atom is 0.326 e. The third kappa shape index (κ3) is 4.44. The minimum Gasteiger partial charge on any atom is -0.480 e. The molecule has 0 aliphatic carbocycles. The van der Waals surface area contributed by atoms with Crippen LogP contribution in [-0.4, -0.2) is 30.5 Å². The molecule has 1 aromatic rings. The van der Waals surface area contributed by atoms with Gasteiger partial charge in [-0.1, -0.05) is 25.2 Å². The van der Waals surface area contributed by atoms with E-state index in [1.54, 1.807) is 0 Å².